The van der Waals surface area contributed by atoms with Crippen LogP contribution in [0.25, 0.3) is 0 Å². The Labute approximate surface area is 157 Å². The number of piperazine rings is 1. The molecule has 0 radical (unpaired) electrons. The SMILES string of the molecule is Cl.Cl.FC(F)(F)Oc1ccc([C@@H](N2CCNCC2)C(F)(F)F)cc1Cl. The number of hydrogen-bond donors (Lipinski definition) is 1. The van der Waals surface area contributed by atoms with Gasteiger partial charge >= 0.3 is 12.5 Å². The van der Waals surface area contributed by atoms with Crippen LogP contribution in [0.5, 0.6) is 5.75 Å². The predicted octanol–water partition coefficient (Wildman–Crippen LogP) is 4.59. The molecule has 1 fully saturated rings. The Balaban J connectivity index is 0.00000288. The molecule has 3 nitrogen and oxygen atoms in total. The van der Waals surface area contributed by atoms with E-state index in [4.69, 9.17) is 11.6 Å². The molecule has 146 valence electrons. The van der Waals surface area contributed by atoms with Crippen LogP contribution in [-0.4, -0.2) is 43.6 Å². The van der Waals surface area contributed by atoms with Gasteiger partial charge in [-0.3, -0.25) is 4.90 Å². The van der Waals surface area contributed by atoms with Crippen LogP contribution in [-0.2, 0) is 0 Å². The van der Waals surface area contributed by atoms with Crippen molar-refractivity contribution in [1.29, 1.82) is 0 Å². The summed E-state index contributed by atoms with van der Waals surface area (Å²) in [5.74, 6) is -0.732. The Bertz CT molecular complexity index is 550. The minimum Gasteiger partial charge on any atom is -0.404 e. The largest absolute Gasteiger partial charge is 0.573 e. The second-order valence-corrected chi connectivity index (χ2v) is 5.37. The maximum atomic E-state index is 13.4. The van der Waals surface area contributed by atoms with E-state index in [1.807, 2.05) is 0 Å². The van der Waals surface area contributed by atoms with Crippen molar-refractivity contribution in [3.05, 3.63) is 28.8 Å². The number of nitrogens with one attached hydrogen (secondary N) is 1. The summed E-state index contributed by atoms with van der Waals surface area (Å²) in [4.78, 5) is 1.21. The Hall–Kier alpha value is -0.610. The molecule has 25 heavy (non-hydrogen) atoms. The third-order valence-corrected chi connectivity index (χ3v) is 3.62. The number of hydrogen-bond acceptors (Lipinski definition) is 3. The van der Waals surface area contributed by atoms with Crippen LogP contribution in [0.2, 0.25) is 5.02 Å². The summed E-state index contributed by atoms with van der Waals surface area (Å²) in [6, 6.07) is 0.684. The van der Waals surface area contributed by atoms with Gasteiger partial charge in [-0.05, 0) is 17.7 Å². The fourth-order valence-electron chi connectivity index (χ4n) is 2.44. The lowest BCUT2D eigenvalue weighted by atomic mass is 10.0. The van der Waals surface area contributed by atoms with Crippen molar-refractivity contribution >= 4 is 36.4 Å². The van der Waals surface area contributed by atoms with Crippen molar-refractivity contribution in [1.82, 2.24) is 10.2 Å². The maximum absolute atomic E-state index is 13.4. The van der Waals surface area contributed by atoms with E-state index in [9.17, 15) is 26.3 Å². The summed E-state index contributed by atoms with van der Waals surface area (Å²) in [5, 5.41) is 2.41. The number of benzene rings is 1. The molecule has 1 heterocycles. The maximum Gasteiger partial charge on any atom is 0.573 e. The quantitative estimate of drug-likeness (QED) is 0.703. The molecule has 1 aromatic carbocycles. The zero-order valence-electron chi connectivity index (χ0n) is 12.5. The molecular formula is C13H15Cl3F6N2O. The number of rotatable bonds is 3. The van der Waals surface area contributed by atoms with Crippen molar-refractivity contribution in [2.24, 2.45) is 0 Å². The van der Waals surface area contributed by atoms with Crippen molar-refractivity contribution < 1.29 is 31.1 Å². The first-order valence-corrected chi connectivity index (χ1v) is 7.02. The Kier molecular flexibility index (Phi) is 9.13. The highest BCUT2D eigenvalue weighted by molar-refractivity contribution is 6.32. The van der Waals surface area contributed by atoms with E-state index in [1.54, 1.807) is 0 Å². The standard InChI is InChI=1S/C13H13ClF6N2O.2ClH/c14-9-7-8(1-2-10(9)23-13(18,19)20)11(12(15,16)17)22-5-3-21-4-6-22;;/h1-2,7,11,21H,3-6H2;2*1H/t11-;;/m1../s1. The van der Waals surface area contributed by atoms with Gasteiger partial charge in [0.25, 0.3) is 0 Å². The van der Waals surface area contributed by atoms with Gasteiger partial charge in [-0.15, -0.1) is 38.0 Å². The van der Waals surface area contributed by atoms with Crippen molar-refractivity contribution in [2.75, 3.05) is 26.2 Å². The number of alkyl halides is 6. The monoisotopic (exact) mass is 434 g/mol. The first kappa shape index (κ1) is 24.4. The molecule has 1 aromatic rings. The lowest BCUT2D eigenvalue weighted by Gasteiger charge is -2.36. The fourth-order valence-corrected chi connectivity index (χ4v) is 2.67. The van der Waals surface area contributed by atoms with E-state index >= 15 is 0 Å². The molecule has 0 aliphatic carbocycles. The molecule has 1 aliphatic heterocycles. The lowest BCUT2D eigenvalue weighted by molar-refractivity contribution is -0.274. The van der Waals surface area contributed by atoms with Crippen LogP contribution in [0.15, 0.2) is 18.2 Å². The second kappa shape index (κ2) is 9.36. The molecule has 1 atom stereocenters. The topological polar surface area (TPSA) is 24.5 Å². The number of halogens is 9. The van der Waals surface area contributed by atoms with Gasteiger partial charge in [-0.1, -0.05) is 17.7 Å². The second-order valence-electron chi connectivity index (χ2n) is 4.97. The third kappa shape index (κ3) is 6.90. The molecule has 0 spiro atoms. The van der Waals surface area contributed by atoms with Crippen LogP contribution < -0.4 is 10.1 Å². The summed E-state index contributed by atoms with van der Waals surface area (Å²) in [6.45, 7) is 1.14. The van der Waals surface area contributed by atoms with E-state index in [2.05, 4.69) is 10.1 Å². The van der Waals surface area contributed by atoms with Crippen LogP contribution in [0.3, 0.4) is 0 Å². The number of ether oxygens (including phenoxy) is 1. The highest BCUT2D eigenvalue weighted by atomic mass is 35.5. The molecule has 1 N–H and O–H groups in total. The van der Waals surface area contributed by atoms with Crippen LogP contribution in [0.1, 0.15) is 11.6 Å². The first-order chi connectivity index (χ1) is 10.6. The zero-order chi connectivity index (χ0) is 17.3. The van der Waals surface area contributed by atoms with Gasteiger partial charge < -0.3 is 10.1 Å². The third-order valence-electron chi connectivity index (χ3n) is 3.32. The molecular weight excluding hydrogens is 421 g/mol. The van der Waals surface area contributed by atoms with Crippen molar-refractivity contribution in [3.63, 3.8) is 0 Å². The smallest absolute Gasteiger partial charge is 0.404 e. The Morgan fingerprint density at radius 2 is 1.60 bits per heavy atom. The molecule has 0 aromatic heterocycles. The highest BCUT2D eigenvalue weighted by Crippen LogP contribution is 2.40. The fraction of sp³-hybridized carbons (Fsp3) is 0.538. The molecule has 0 saturated carbocycles. The first-order valence-electron chi connectivity index (χ1n) is 6.64. The minimum atomic E-state index is -4.97. The van der Waals surface area contributed by atoms with Gasteiger partial charge in [-0.25, -0.2) is 0 Å². The van der Waals surface area contributed by atoms with E-state index < -0.39 is 29.4 Å². The zero-order valence-corrected chi connectivity index (χ0v) is 14.8. The normalized spacial score (nSPS) is 17.2. The van der Waals surface area contributed by atoms with E-state index in [0.29, 0.717) is 13.1 Å². The minimum absolute atomic E-state index is 0. The number of nitrogens with zero attached hydrogens (tertiary/aromatic N) is 1. The molecule has 1 aliphatic rings. The van der Waals surface area contributed by atoms with E-state index in [-0.39, 0.29) is 43.5 Å². The average Bonchev–Trinajstić information content (AvgIpc) is 2.40. The summed E-state index contributed by atoms with van der Waals surface area (Å²) in [5.41, 5.74) is -0.223. The van der Waals surface area contributed by atoms with Crippen molar-refractivity contribution in [2.45, 2.75) is 18.6 Å². The van der Waals surface area contributed by atoms with Crippen molar-refractivity contribution in [3.8, 4) is 5.75 Å². The van der Waals surface area contributed by atoms with Gasteiger partial charge in [0.2, 0.25) is 0 Å². The Morgan fingerprint density at radius 1 is 1.04 bits per heavy atom. The molecule has 0 unspecified atom stereocenters. The molecule has 1 saturated heterocycles. The lowest BCUT2D eigenvalue weighted by Crippen LogP contribution is -2.49. The summed E-state index contributed by atoms with van der Waals surface area (Å²) in [7, 11) is 0. The summed E-state index contributed by atoms with van der Waals surface area (Å²) in [6.07, 6.45) is -9.54. The van der Waals surface area contributed by atoms with E-state index in [0.717, 1.165) is 18.2 Å². The molecule has 2 rings (SSSR count). The van der Waals surface area contributed by atoms with Crippen LogP contribution >= 0.6 is 36.4 Å². The summed E-state index contributed by atoms with van der Waals surface area (Å²) >= 11 is 5.65. The van der Waals surface area contributed by atoms with Crippen LogP contribution in [0.4, 0.5) is 26.3 Å². The van der Waals surface area contributed by atoms with Gasteiger partial charge in [0.15, 0.2) is 0 Å². The van der Waals surface area contributed by atoms with E-state index in [1.165, 1.54) is 4.90 Å². The molecule has 0 amide bonds. The Morgan fingerprint density at radius 3 is 2.04 bits per heavy atom. The van der Waals surface area contributed by atoms with Gasteiger partial charge in [-0.2, -0.15) is 13.2 Å². The van der Waals surface area contributed by atoms with Gasteiger partial charge in [0.1, 0.15) is 11.8 Å². The molecule has 0 bridgehead atoms. The van der Waals surface area contributed by atoms with Crippen LogP contribution in [0, 0.1) is 0 Å². The van der Waals surface area contributed by atoms with Gasteiger partial charge in [0, 0.05) is 26.2 Å². The van der Waals surface area contributed by atoms with Gasteiger partial charge in [0.05, 0.1) is 5.02 Å². The highest BCUT2D eigenvalue weighted by Gasteiger charge is 2.45. The summed E-state index contributed by atoms with van der Waals surface area (Å²) < 4.78 is 80.3. The molecule has 12 heteroatoms. The average molecular weight is 436 g/mol. The predicted molar refractivity (Wildman–Crippen MR) is 85.9 cm³/mol.